The van der Waals surface area contributed by atoms with Crippen LogP contribution in [0.1, 0.15) is 16.1 Å². The number of carbonyl (C=O) groups excluding carboxylic acids is 1. The summed E-state index contributed by atoms with van der Waals surface area (Å²) in [4.78, 5) is 21.6. The summed E-state index contributed by atoms with van der Waals surface area (Å²) in [6.07, 6.45) is 1.41. The van der Waals surface area contributed by atoms with E-state index in [4.69, 9.17) is 0 Å². The van der Waals surface area contributed by atoms with Gasteiger partial charge in [-0.1, -0.05) is 17.3 Å². The Kier molecular flexibility index (Phi) is 4.08. The first kappa shape index (κ1) is 14.1. The summed E-state index contributed by atoms with van der Waals surface area (Å²) in [6.45, 7) is 0.242. The average molecular weight is 341 g/mol. The van der Waals surface area contributed by atoms with Crippen LogP contribution in [0, 0.1) is 10.1 Å². The van der Waals surface area contributed by atoms with Crippen LogP contribution in [0.4, 0.5) is 5.69 Å². The molecule has 0 N–H and O–H groups in total. The van der Waals surface area contributed by atoms with Crippen molar-refractivity contribution in [2.45, 2.75) is 6.54 Å². The third-order valence-corrected chi connectivity index (χ3v) is 3.44. The summed E-state index contributed by atoms with van der Waals surface area (Å²) in [6, 6.07) is 4.70. The molecule has 2 rings (SSSR count). The van der Waals surface area contributed by atoms with Crippen molar-refractivity contribution in [2.75, 3.05) is 7.11 Å². The number of rotatable bonds is 4. The Hall–Kier alpha value is -2.29. The molecule has 9 heteroatoms. The lowest BCUT2D eigenvalue weighted by atomic mass is 10.2. The van der Waals surface area contributed by atoms with Crippen LogP contribution in [0.2, 0.25) is 0 Å². The van der Waals surface area contributed by atoms with E-state index in [0.29, 0.717) is 10.0 Å². The fourth-order valence-corrected chi connectivity index (χ4v) is 2.11. The third kappa shape index (κ3) is 2.82. The summed E-state index contributed by atoms with van der Waals surface area (Å²) in [5.74, 6) is -0.589. The van der Waals surface area contributed by atoms with Crippen LogP contribution in [0.5, 0.6) is 0 Å². The number of carbonyl (C=O) groups is 1. The standard InChI is InChI=1S/C11H9BrN4O4/c1-20-11(17)8-6-15(14-13-8)5-7-3-2-4-9(10(7)12)16(18)19/h2-4,6H,5H2,1H3. The molecule has 0 atom stereocenters. The molecule has 1 heterocycles. The number of nitrogens with zero attached hydrogens (tertiary/aromatic N) is 4. The number of aromatic nitrogens is 3. The average Bonchev–Trinajstić information content (AvgIpc) is 2.88. The van der Waals surface area contributed by atoms with Crippen molar-refractivity contribution in [1.82, 2.24) is 15.0 Å². The van der Waals surface area contributed by atoms with Crippen LogP contribution in [-0.2, 0) is 11.3 Å². The van der Waals surface area contributed by atoms with Crippen LogP contribution in [0.25, 0.3) is 0 Å². The zero-order chi connectivity index (χ0) is 14.7. The third-order valence-electron chi connectivity index (χ3n) is 2.52. The predicted molar refractivity (Wildman–Crippen MR) is 71.3 cm³/mol. The van der Waals surface area contributed by atoms with Crippen molar-refractivity contribution in [3.63, 3.8) is 0 Å². The second-order valence-corrected chi connectivity index (χ2v) is 4.59. The first-order chi connectivity index (χ1) is 9.52. The Bertz CT molecular complexity index is 670. The second-order valence-electron chi connectivity index (χ2n) is 3.80. The molecule has 0 spiro atoms. The molecule has 0 radical (unpaired) electrons. The summed E-state index contributed by atoms with van der Waals surface area (Å²) < 4.78 is 6.29. The summed E-state index contributed by atoms with van der Waals surface area (Å²) in [5, 5.41) is 18.3. The molecular formula is C11H9BrN4O4. The largest absolute Gasteiger partial charge is 0.464 e. The molecule has 2 aromatic rings. The number of esters is 1. The minimum atomic E-state index is -0.589. The van der Waals surface area contributed by atoms with Crippen molar-refractivity contribution in [3.8, 4) is 0 Å². The van der Waals surface area contributed by atoms with Gasteiger partial charge in [-0.05, 0) is 21.5 Å². The van der Waals surface area contributed by atoms with Crippen LogP contribution in [0.15, 0.2) is 28.9 Å². The molecule has 0 fully saturated rings. The molecule has 0 unspecified atom stereocenters. The fourth-order valence-electron chi connectivity index (χ4n) is 1.58. The molecule has 0 saturated heterocycles. The molecule has 0 aliphatic heterocycles. The topological polar surface area (TPSA) is 100 Å². The SMILES string of the molecule is COC(=O)c1cn(Cc2cccc([N+](=O)[O-])c2Br)nn1. The quantitative estimate of drug-likeness (QED) is 0.477. The van der Waals surface area contributed by atoms with Gasteiger partial charge in [-0.25, -0.2) is 9.48 Å². The number of hydrogen-bond acceptors (Lipinski definition) is 6. The molecule has 20 heavy (non-hydrogen) atoms. The lowest BCUT2D eigenvalue weighted by Gasteiger charge is -2.04. The van der Waals surface area contributed by atoms with Crippen LogP contribution in [0.3, 0.4) is 0 Å². The van der Waals surface area contributed by atoms with E-state index in [1.54, 1.807) is 12.1 Å². The van der Waals surface area contributed by atoms with Crippen LogP contribution < -0.4 is 0 Å². The van der Waals surface area contributed by atoms with Crippen molar-refractivity contribution >= 4 is 27.6 Å². The molecule has 0 amide bonds. The normalized spacial score (nSPS) is 10.3. The van der Waals surface area contributed by atoms with Gasteiger partial charge in [0.25, 0.3) is 5.69 Å². The van der Waals surface area contributed by atoms with Gasteiger partial charge in [-0.3, -0.25) is 10.1 Å². The lowest BCUT2D eigenvalue weighted by molar-refractivity contribution is -0.385. The Morgan fingerprint density at radius 3 is 2.95 bits per heavy atom. The van der Waals surface area contributed by atoms with E-state index < -0.39 is 10.9 Å². The summed E-state index contributed by atoms with van der Waals surface area (Å²) in [5.41, 5.74) is 0.699. The molecule has 0 aliphatic rings. The van der Waals surface area contributed by atoms with Crippen LogP contribution >= 0.6 is 15.9 Å². The van der Waals surface area contributed by atoms with E-state index in [1.165, 1.54) is 24.1 Å². The number of benzene rings is 1. The molecule has 0 bridgehead atoms. The number of hydrogen-bond donors (Lipinski definition) is 0. The number of nitro groups is 1. The summed E-state index contributed by atoms with van der Waals surface area (Å²) in [7, 11) is 1.25. The second kappa shape index (κ2) is 5.78. The highest BCUT2D eigenvalue weighted by atomic mass is 79.9. The van der Waals surface area contributed by atoms with Crippen LogP contribution in [-0.4, -0.2) is 33.0 Å². The van der Waals surface area contributed by atoms with Gasteiger partial charge in [0, 0.05) is 6.07 Å². The monoisotopic (exact) mass is 340 g/mol. The maximum absolute atomic E-state index is 11.3. The van der Waals surface area contributed by atoms with Gasteiger partial charge in [-0.15, -0.1) is 5.10 Å². The van der Waals surface area contributed by atoms with E-state index in [9.17, 15) is 14.9 Å². The van der Waals surface area contributed by atoms with Gasteiger partial charge >= 0.3 is 5.97 Å². The number of ether oxygens (including phenoxy) is 1. The van der Waals surface area contributed by atoms with E-state index in [-0.39, 0.29) is 17.9 Å². The van der Waals surface area contributed by atoms with Gasteiger partial charge in [0.1, 0.15) is 4.47 Å². The first-order valence-electron chi connectivity index (χ1n) is 5.43. The highest BCUT2D eigenvalue weighted by Crippen LogP contribution is 2.28. The van der Waals surface area contributed by atoms with Crippen molar-refractivity contribution in [3.05, 3.63) is 50.2 Å². The smallest absolute Gasteiger partial charge is 0.360 e. The van der Waals surface area contributed by atoms with Gasteiger partial charge in [0.15, 0.2) is 5.69 Å². The zero-order valence-corrected chi connectivity index (χ0v) is 11.9. The number of halogens is 1. The number of nitro benzene ring substituents is 1. The van der Waals surface area contributed by atoms with Crippen molar-refractivity contribution in [2.24, 2.45) is 0 Å². The van der Waals surface area contributed by atoms with Gasteiger partial charge in [0.2, 0.25) is 0 Å². The Morgan fingerprint density at radius 2 is 2.30 bits per heavy atom. The summed E-state index contributed by atoms with van der Waals surface area (Å²) >= 11 is 3.19. The molecule has 1 aromatic heterocycles. The molecule has 0 aliphatic carbocycles. The minimum absolute atomic E-state index is 0.0317. The van der Waals surface area contributed by atoms with E-state index in [1.807, 2.05) is 0 Å². The highest BCUT2D eigenvalue weighted by molar-refractivity contribution is 9.10. The molecule has 0 saturated carbocycles. The Balaban J connectivity index is 2.26. The van der Waals surface area contributed by atoms with E-state index >= 15 is 0 Å². The molecular weight excluding hydrogens is 332 g/mol. The maximum Gasteiger partial charge on any atom is 0.360 e. The van der Waals surface area contributed by atoms with Gasteiger partial charge < -0.3 is 4.74 Å². The molecule has 104 valence electrons. The molecule has 8 nitrogen and oxygen atoms in total. The molecule has 1 aromatic carbocycles. The first-order valence-corrected chi connectivity index (χ1v) is 6.22. The predicted octanol–water partition coefficient (Wildman–Crippen LogP) is 1.78. The maximum atomic E-state index is 11.3. The Morgan fingerprint density at radius 1 is 1.55 bits per heavy atom. The van der Waals surface area contributed by atoms with Gasteiger partial charge in [-0.2, -0.15) is 0 Å². The van der Waals surface area contributed by atoms with Crippen molar-refractivity contribution < 1.29 is 14.5 Å². The Labute approximate surface area is 121 Å². The fraction of sp³-hybridized carbons (Fsp3) is 0.182. The minimum Gasteiger partial charge on any atom is -0.464 e. The van der Waals surface area contributed by atoms with E-state index in [2.05, 4.69) is 31.0 Å². The highest BCUT2D eigenvalue weighted by Gasteiger charge is 2.16. The lowest BCUT2D eigenvalue weighted by Crippen LogP contribution is -2.03. The van der Waals surface area contributed by atoms with Crippen molar-refractivity contribution in [1.29, 1.82) is 0 Å². The number of methoxy groups -OCH3 is 1. The van der Waals surface area contributed by atoms with Gasteiger partial charge in [0.05, 0.1) is 24.8 Å². The van der Waals surface area contributed by atoms with E-state index in [0.717, 1.165) is 0 Å². The zero-order valence-electron chi connectivity index (χ0n) is 10.3.